The smallest absolute Gasteiger partial charge is 0.258 e. The van der Waals surface area contributed by atoms with E-state index in [0.29, 0.717) is 72.4 Å². The average Bonchev–Trinajstić information content (AvgIpc) is 3.55. The summed E-state index contributed by atoms with van der Waals surface area (Å²) in [7, 11) is 0. The van der Waals surface area contributed by atoms with E-state index < -0.39 is 0 Å². The van der Waals surface area contributed by atoms with Crippen molar-refractivity contribution in [2.75, 3.05) is 58.0 Å². The van der Waals surface area contributed by atoms with Gasteiger partial charge in [-0.2, -0.15) is 0 Å². The van der Waals surface area contributed by atoms with Crippen molar-refractivity contribution in [2.45, 2.75) is 25.8 Å². The number of morpholine rings is 1. The summed E-state index contributed by atoms with van der Waals surface area (Å²) in [6.45, 7) is 6.13. The second-order valence-corrected chi connectivity index (χ2v) is 10.3. The third kappa shape index (κ3) is 5.22. The first-order chi connectivity index (χ1) is 19.0. The van der Waals surface area contributed by atoms with Gasteiger partial charge in [-0.3, -0.25) is 19.3 Å². The molecule has 0 bridgehead atoms. The van der Waals surface area contributed by atoms with Crippen molar-refractivity contribution in [3.8, 4) is 11.5 Å². The number of benzene rings is 2. The molecule has 0 saturated carbocycles. The number of amides is 2. The Morgan fingerprint density at radius 1 is 0.974 bits per heavy atom. The Balaban J connectivity index is 1.25. The van der Waals surface area contributed by atoms with E-state index in [1.165, 1.54) is 6.92 Å². The van der Waals surface area contributed by atoms with Crippen molar-refractivity contribution in [3.05, 3.63) is 53.1 Å². The molecule has 6 rings (SSSR count). The zero-order valence-electron chi connectivity index (χ0n) is 22.0. The summed E-state index contributed by atoms with van der Waals surface area (Å²) in [6.07, 6.45) is 1.64. The number of nitrogens with zero attached hydrogens (tertiary/aromatic N) is 2. The van der Waals surface area contributed by atoms with Crippen molar-refractivity contribution in [2.24, 2.45) is 0 Å². The minimum Gasteiger partial charge on any atom is -0.454 e. The maximum absolute atomic E-state index is 13.3. The van der Waals surface area contributed by atoms with Gasteiger partial charge in [-0.05, 0) is 56.2 Å². The van der Waals surface area contributed by atoms with Crippen LogP contribution in [0.15, 0.2) is 36.4 Å². The van der Waals surface area contributed by atoms with Gasteiger partial charge < -0.3 is 29.7 Å². The van der Waals surface area contributed by atoms with Gasteiger partial charge in [0.15, 0.2) is 17.3 Å². The van der Waals surface area contributed by atoms with Gasteiger partial charge in [0.25, 0.3) is 5.91 Å². The summed E-state index contributed by atoms with van der Waals surface area (Å²) in [5.74, 6) is 1.15. The zero-order chi connectivity index (χ0) is 26.9. The Labute approximate surface area is 226 Å². The number of fused-ring (bicyclic) bond motifs is 2. The van der Waals surface area contributed by atoms with Crippen LogP contribution in [0.4, 0.5) is 5.69 Å². The fourth-order valence-electron chi connectivity index (χ4n) is 5.53. The van der Waals surface area contributed by atoms with Gasteiger partial charge >= 0.3 is 0 Å². The molecule has 2 amide bonds. The molecule has 2 N–H and O–H groups in total. The fourth-order valence-corrected chi connectivity index (χ4v) is 5.53. The number of piperidine rings is 1. The van der Waals surface area contributed by atoms with Gasteiger partial charge in [-0.1, -0.05) is 0 Å². The number of hydrogen-bond acceptors (Lipinski definition) is 8. The summed E-state index contributed by atoms with van der Waals surface area (Å²) >= 11 is 0. The molecule has 39 heavy (non-hydrogen) atoms. The molecule has 0 atom stereocenters. The molecule has 0 spiro atoms. The highest BCUT2D eigenvalue weighted by molar-refractivity contribution is 6.36. The molecule has 2 aromatic carbocycles. The van der Waals surface area contributed by atoms with Crippen molar-refractivity contribution in [1.29, 1.82) is 0 Å². The lowest BCUT2D eigenvalue weighted by molar-refractivity contribution is -0.136. The SMILES string of the molecule is CC(=O)c1ccc2c(c1)/C(=C(/NC1CCN(CC(=O)N3CCOCC3)CC1)c1ccc3c(c1)OCO3)C(=O)N2. The van der Waals surface area contributed by atoms with Crippen LogP contribution in [0.1, 0.15) is 41.3 Å². The lowest BCUT2D eigenvalue weighted by atomic mass is 9.96. The summed E-state index contributed by atoms with van der Waals surface area (Å²) in [6, 6.07) is 11.0. The fraction of sp³-hybridized carbons (Fsp3) is 0.414. The maximum Gasteiger partial charge on any atom is 0.258 e. The molecule has 4 aliphatic rings. The molecular formula is C29H32N4O6. The van der Waals surface area contributed by atoms with Gasteiger partial charge in [0.05, 0.1) is 31.0 Å². The van der Waals surface area contributed by atoms with E-state index in [2.05, 4.69) is 15.5 Å². The Morgan fingerprint density at radius 2 is 1.72 bits per heavy atom. The van der Waals surface area contributed by atoms with Gasteiger partial charge in [0.1, 0.15) is 0 Å². The summed E-state index contributed by atoms with van der Waals surface area (Å²) in [5.41, 5.74) is 3.91. The molecule has 0 radical (unpaired) electrons. The minimum absolute atomic E-state index is 0.0620. The Hall–Kier alpha value is -3.89. The van der Waals surface area contributed by atoms with Crippen LogP contribution < -0.4 is 20.1 Å². The number of carbonyl (C=O) groups excluding carboxylic acids is 3. The Morgan fingerprint density at radius 3 is 2.49 bits per heavy atom. The lowest BCUT2D eigenvalue weighted by Crippen LogP contribution is -2.49. The summed E-state index contributed by atoms with van der Waals surface area (Å²) < 4.78 is 16.5. The maximum atomic E-state index is 13.3. The normalized spacial score (nSPS) is 20.4. The molecule has 0 aliphatic carbocycles. The monoisotopic (exact) mass is 532 g/mol. The van der Waals surface area contributed by atoms with Crippen LogP contribution in [0.5, 0.6) is 11.5 Å². The molecule has 10 nitrogen and oxygen atoms in total. The number of hydrogen-bond donors (Lipinski definition) is 2. The Kier molecular flexibility index (Phi) is 6.97. The van der Waals surface area contributed by atoms with Crippen molar-refractivity contribution in [3.63, 3.8) is 0 Å². The average molecular weight is 533 g/mol. The largest absolute Gasteiger partial charge is 0.454 e. The van der Waals surface area contributed by atoms with Gasteiger partial charge in [0.2, 0.25) is 12.7 Å². The van der Waals surface area contributed by atoms with E-state index in [4.69, 9.17) is 14.2 Å². The minimum atomic E-state index is -0.223. The number of anilines is 1. The second-order valence-electron chi connectivity index (χ2n) is 10.3. The summed E-state index contributed by atoms with van der Waals surface area (Å²) in [5, 5.41) is 6.61. The first kappa shape index (κ1) is 25.4. The molecule has 2 fully saturated rings. The van der Waals surface area contributed by atoms with Gasteiger partial charge in [-0.25, -0.2) is 0 Å². The quantitative estimate of drug-likeness (QED) is 0.431. The van der Waals surface area contributed by atoms with E-state index in [9.17, 15) is 14.4 Å². The molecule has 4 aliphatic heterocycles. The number of rotatable bonds is 6. The van der Waals surface area contributed by atoms with E-state index in [-0.39, 0.29) is 30.4 Å². The first-order valence-corrected chi connectivity index (χ1v) is 13.4. The number of nitrogens with one attached hydrogen (secondary N) is 2. The molecule has 4 heterocycles. The van der Waals surface area contributed by atoms with E-state index in [1.54, 1.807) is 18.2 Å². The van der Waals surface area contributed by atoms with Crippen molar-refractivity contribution < 1.29 is 28.6 Å². The number of Topliss-reactive ketones (excluding diaryl/α,β-unsaturated/α-hetero) is 1. The first-order valence-electron chi connectivity index (χ1n) is 13.4. The molecule has 0 aromatic heterocycles. The number of ether oxygens (including phenoxy) is 3. The van der Waals surface area contributed by atoms with Crippen LogP contribution in [0.25, 0.3) is 11.3 Å². The van der Waals surface area contributed by atoms with Crippen LogP contribution in [0.3, 0.4) is 0 Å². The predicted octanol–water partition coefficient (Wildman–Crippen LogP) is 2.35. The van der Waals surface area contributed by atoms with Crippen LogP contribution >= 0.6 is 0 Å². The Bertz CT molecular complexity index is 1340. The molecular weight excluding hydrogens is 500 g/mol. The zero-order valence-corrected chi connectivity index (χ0v) is 22.0. The predicted molar refractivity (Wildman–Crippen MR) is 144 cm³/mol. The third-order valence-corrected chi connectivity index (χ3v) is 7.74. The topological polar surface area (TPSA) is 109 Å². The van der Waals surface area contributed by atoms with Crippen LogP contribution in [-0.2, 0) is 14.3 Å². The number of likely N-dealkylation sites (tertiary alicyclic amines) is 1. The molecule has 10 heteroatoms. The second kappa shape index (κ2) is 10.7. The van der Waals surface area contributed by atoms with E-state index in [0.717, 1.165) is 31.5 Å². The van der Waals surface area contributed by atoms with Gasteiger partial charge in [0, 0.05) is 54.6 Å². The lowest BCUT2D eigenvalue weighted by Gasteiger charge is -2.35. The van der Waals surface area contributed by atoms with Crippen molar-refractivity contribution >= 4 is 34.6 Å². The molecule has 2 saturated heterocycles. The molecule has 204 valence electrons. The molecule has 2 aromatic rings. The van der Waals surface area contributed by atoms with E-state index in [1.807, 2.05) is 23.1 Å². The van der Waals surface area contributed by atoms with Crippen LogP contribution in [0, 0.1) is 0 Å². The highest BCUT2D eigenvalue weighted by Gasteiger charge is 2.32. The van der Waals surface area contributed by atoms with Crippen molar-refractivity contribution in [1.82, 2.24) is 15.1 Å². The standard InChI is InChI=1S/C29H32N4O6/c1-18(34)19-2-4-23-22(14-19)27(29(36)31-23)28(20-3-5-24-25(15-20)39-17-38-24)30-21-6-8-32(9-7-21)16-26(35)33-10-12-37-13-11-33/h2-5,14-15,21,30H,6-13,16-17H2,1H3,(H,31,36)/b28-27-. The highest BCUT2D eigenvalue weighted by atomic mass is 16.7. The van der Waals surface area contributed by atoms with Gasteiger partial charge in [-0.15, -0.1) is 0 Å². The van der Waals surface area contributed by atoms with Crippen LogP contribution in [0.2, 0.25) is 0 Å². The number of ketones is 1. The number of carbonyl (C=O) groups is 3. The van der Waals surface area contributed by atoms with Crippen LogP contribution in [-0.4, -0.2) is 86.2 Å². The third-order valence-electron chi connectivity index (χ3n) is 7.74. The molecule has 0 unspecified atom stereocenters. The summed E-state index contributed by atoms with van der Waals surface area (Å²) in [4.78, 5) is 42.2. The van der Waals surface area contributed by atoms with E-state index >= 15 is 0 Å². The highest BCUT2D eigenvalue weighted by Crippen LogP contribution is 2.40.